The minimum absolute atomic E-state index is 0.0169. The number of hydrogen-bond acceptors (Lipinski definition) is 5. The Morgan fingerprint density at radius 2 is 1.66 bits per heavy atom. The molecule has 1 aliphatic rings. The van der Waals surface area contributed by atoms with E-state index in [1.165, 1.54) is 0 Å². The van der Waals surface area contributed by atoms with Gasteiger partial charge >= 0.3 is 0 Å². The van der Waals surface area contributed by atoms with Crippen molar-refractivity contribution in [2.24, 2.45) is 0 Å². The molecule has 32 heavy (non-hydrogen) atoms. The molecule has 0 spiro atoms. The monoisotopic (exact) mass is 453 g/mol. The topological polar surface area (TPSA) is 79.0 Å². The second-order valence-corrected chi connectivity index (χ2v) is 6.99. The van der Waals surface area contributed by atoms with Crippen molar-refractivity contribution in [2.45, 2.75) is 0 Å². The van der Waals surface area contributed by atoms with Crippen molar-refractivity contribution in [3.63, 3.8) is 0 Å². The molecule has 11 heteroatoms. The van der Waals surface area contributed by atoms with Crippen LogP contribution in [-0.2, 0) is 14.4 Å². The van der Waals surface area contributed by atoms with Crippen molar-refractivity contribution < 1.29 is 36.7 Å². The van der Waals surface area contributed by atoms with Gasteiger partial charge in [0, 0.05) is 24.8 Å². The Balaban J connectivity index is 1.43. The second-order valence-electron chi connectivity index (χ2n) is 6.99. The van der Waals surface area contributed by atoms with Gasteiger partial charge in [-0.2, -0.15) is 8.78 Å². The molecule has 3 rings (SSSR count). The van der Waals surface area contributed by atoms with Gasteiger partial charge in [-0.05, 0) is 12.1 Å². The van der Waals surface area contributed by atoms with E-state index in [2.05, 4.69) is 10.1 Å². The van der Waals surface area contributed by atoms with Crippen LogP contribution in [-0.4, -0.2) is 61.8 Å². The number of hydrogen-bond donors (Lipinski definition) is 1. The molecule has 2 aromatic carbocycles. The minimum Gasteiger partial charge on any atom is -0.479 e. The van der Waals surface area contributed by atoms with Gasteiger partial charge in [-0.1, -0.05) is 18.2 Å². The van der Waals surface area contributed by atoms with E-state index in [1.807, 2.05) is 30.3 Å². The van der Waals surface area contributed by atoms with Crippen LogP contribution in [0.4, 0.5) is 23.2 Å². The standard InChI is InChI=1S/C21H19F4N3O4/c22-15-8-16(23)20(25)21(19(15)24)32-12-14(29)9-26-17(30)10-27-6-7-28(18(31)11-27)13-4-2-1-3-5-13/h1-5,8H,6-7,9-12H2,(H,26,30). The van der Waals surface area contributed by atoms with Crippen LogP contribution in [0.1, 0.15) is 0 Å². The third kappa shape index (κ3) is 5.61. The van der Waals surface area contributed by atoms with Crippen LogP contribution in [0.3, 0.4) is 0 Å². The third-order valence-electron chi connectivity index (χ3n) is 4.67. The summed E-state index contributed by atoms with van der Waals surface area (Å²) in [7, 11) is 0. The van der Waals surface area contributed by atoms with Crippen LogP contribution in [0.25, 0.3) is 0 Å². The molecule has 1 aliphatic heterocycles. The normalized spacial score (nSPS) is 14.4. The summed E-state index contributed by atoms with van der Waals surface area (Å²) >= 11 is 0. The summed E-state index contributed by atoms with van der Waals surface area (Å²) in [4.78, 5) is 39.4. The highest BCUT2D eigenvalue weighted by molar-refractivity contribution is 5.96. The highest BCUT2D eigenvalue weighted by Gasteiger charge is 2.26. The van der Waals surface area contributed by atoms with Crippen LogP contribution < -0.4 is 15.0 Å². The zero-order valence-corrected chi connectivity index (χ0v) is 16.7. The smallest absolute Gasteiger partial charge is 0.241 e. The van der Waals surface area contributed by atoms with E-state index in [0.29, 0.717) is 13.1 Å². The Morgan fingerprint density at radius 3 is 2.28 bits per heavy atom. The first-order valence-corrected chi connectivity index (χ1v) is 9.58. The molecule has 1 saturated heterocycles. The van der Waals surface area contributed by atoms with E-state index >= 15 is 0 Å². The van der Waals surface area contributed by atoms with E-state index in [9.17, 15) is 31.9 Å². The molecule has 0 unspecified atom stereocenters. The van der Waals surface area contributed by atoms with Crippen LogP contribution in [0, 0.1) is 23.3 Å². The Labute approximate surface area is 180 Å². The molecule has 2 aromatic rings. The zero-order chi connectivity index (χ0) is 23.3. The van der Waals surface area contributed by atoms with Crippen LogP contribution in [0.2, 0.25) is 0 Å². The van der Waals surface area contributed by atoms with E-state index in [1.54, 1.807) is 9.80 Å². The van der Waals surface area contributed by atoms with Crippen LogP contribution >= 0.6 is 0 Å². The van der Waals surface area contributed by atoms with Crippen molar-refractivity contribution in [3.8, 4) is 5.75 Å². The minimum atomic E-state index is -1.76. The summed E-state index contributed by atoms with van der Waals surface area (Å²) in [6, 6.07) is 9.11. The maximum absolute atomic E-state index is 13.5. The van der Waals surface area contributed by atoms with E-state index in [4.69, 9.17) is 0 Å². The van der Waals surface area contributed by atoms with E-state index < -0.39 is 53.9 Å². The SMILES string of the molecule is O=C(CNC(=O)CN1CCN(c2ccccc2)C(=O)C1)COc1c(F)c(F)cc(F)c1F. The molecule has 2 amide bonds. The van der Waals surface area contributed by atoms with Gasteiger partial charge in [0.15, 0.2) is 23.2 Å². The largest absolute Gasteiger partial charge is 0.479 e. The predicted molar refractivity (Wildman–Crippen MR) is 105 cm³/mol. The summed E-state index contributed by atoms with van der Waals surface area (Å²) in [5.41, 5.74) is 0.762. The molecule has 0 saturated carbocycles. The number of piperazine rings is 1. The lowest BCUT2D eigenvalue weighted by molar-refractivity contribution is -0.128. The van der Waals surface area contributed by atoms with Crippen molar-refractivity contribution in [1.29, 1.82) is 0 Å². The number of carbonyl (C=O) groups excluding carboxylic acids is 3. The van der Waals surface area contributed by atoms with E-state index in [-0.39, 0.29) is 25.1 Å². The molecule has 0 radical (unpaired) electrons. The molecule has 1 N–H and O–H groups in total. The van der Waals surface area contributed by atoms with Gasteiger partial charge < -0.3 is 15.0 Å². The second kappa shape index (κ2) is 10.2. The van der Waals surface area contributed by atoms with E-state index in [0.717, 1.165) is 5.69 Å². The highest BCUT2D eigenvalue weighted by Crippen LogP contribution is 2.26. The maximum atomic E-state index is 13.5. The lowest BCUT2D eigenvalue weighted by atomic mass is 10.2. The third-order valence-corrected chi connectivity index (χ3v) is 4.67. The number of para-hydroxylation sites is 1. The number of carbonyl (C=O) groups is 3. The Morgan fingerprint density at radius 1 is 1.00 bits per heavy atom. The van der Waals surface area contributed by atoms with Gasteiger partial charge in [0.2, 0.25) is 23.4 Å². The van der Waals surface area contributed by atoms with Gasteiger partial charge in [-0.25, -0.2) is 8.78 Å². The molecule has 0 bridgehead atoms. The fourth-order valence-electron chi connectivity index (χ4n) is 3.08. The first-order chi connectivity index (χ1) is 15.3. The summed E-state index contributed by atoms with van der Waals surface area (Å²) in [6.45, 7) is -0.730. The van der Waals surface area contributed by atoms with Gasteiger partial charge in [0.1, 0.15) is 6.61 Å². The van der Waals surface area contributed by atoms with Crippen molar-refractivity contribution in [1.82, 2.24) is 10.2 Å². The van der Waals surface area contributed by atoms with Gasteiger partial charge in [-0.15, -0.1) is 0 Å². The van der Waals surface area contributed by atoms with Crippen molar-refractivity contribution in [2.75, 3.05) is 44.2 Å². The fourth-order valence-corrected chi connectivity index (χ4v) is 3.08. The molecular weight excluding hydrogens is 434 g/mol. The van der Waals surface area contributed by atoms with Gasteiger partial charge in [0.25, 0.3) is 0 Å². The number of halogens is 4. The Kier molecular flexibility index (Phi) is 7.41. The molecule has 1 fully saturated rings. The predicted octanol–water partition coefficient (Wildman–Crippen LogP) is 1.66. The summed E-state index contributed by atoms with van der Waals surface area (Å²) in [5, 5.41) is 2.31. The first kappa shape index (κ1) is 23.2. The Hall–Kier alpha value is -3.47. The molecule has 0 aromatic heterocycles. The molecule has 7 nitrogen and oxygen atoms in total. The molecule has 0 aliphatic carbocycles. The zero-order valence-electron chi connectivity index (χ0n) is 16.7. The maximum Gasteiger partial charge on any atom is 0.241 e. The number of nitrogens with zero attached hydrogens (tertiary/aromatic N) is 2. The molecule has 1 heterocycles. The number of Topliss-reactive ketones (excluding diaryl/α,β-unsaturated/α-hetero) is 1. The van der Waals surface area contributed by atoms with Crippen molar-refractivity contribution >= 4 is 23.3 Å². The average molecular weight is 453 g/mol. The van der Waals surface area contributed by atoms with Crippen molar-refractivity contribution in [3.05, 3.63) is 59.7 Å². The fraction of sp³-hybridized carbons (Fsp3) is 0.286. The summed E-state index contributed by atoms with van der Waals surface area (Å²) in [5.74, 6) is -9.72. The number of rotatable bonds is 8. The van der Waals surface area contributed by atoms with Crippen LogP contribution in [0.15, 0.2) is 36.4 Å². The summed E-state index contributed by atoms with van der Waals surface area (Å²) in [6.07, 6.45) is 0. The summed E-state index contributed by atoms with van der Waals surface area (Å²) < 4.78 is 57.8. The quantitative estimate of drug-likeness (QED) is 0.486. The van der Waals surface area contributed by atoms with Gasteiger partial charge in [-0.3, -0.25) is 19.3 Å². The number of ether oxygens (including phenoxy) is 1. The number of ketones is 1. The average Bonchev–Trinajstić information content (AvgIpc) is 2.77. The number of benzene rings is 2. The van der Waals surface area contributed by atoms with Gasteiger partial charge in [0.05, 0.1) is 19.6 Å². The lowest BCUT2D eigenvalue weighted by Crippen LogP contribution is -2.53. The number of anilines is 1. The lowest BCUT2D eigenvalue weighted by Gasteiger charge is -2.33. The number of amides is 2. The molecule has 170 valence electrons. The molecule has 0 atom stereocenters. The first-order valence-electron chi connectivity index (χ1n) is 9.58. The number of nitrogens with one attached hydrogen (secondary N) is 1. The highest BCUT2D eigenvalue weighted by atomic mass is 19.2. The Bertz CT molecular complexity index is 994. The van der Waals surface area contributed by atoms with Crippen LogP contribution in [0.5, 0.6) is 5.75 Å². The molecular formula is C21H19F4N3O4.